The summed E-state index contributed by atoms with van der Waals surface area (Å²) in [4.78, 5) is 3.28. The molecule has 1 heterocycles. The molecule has 3 heteroatoms. The van der Waals surface area contributed by atoms with E-state index in [9.17, 15) is 0 Å². The third kappa shape index (κ3) is 1.80. The zero-order valence-corrected chi connectivity index (χ0v) is 10.9. The largest absolute Gasteiger partial charge is 0.331 e. The van der Waals surface area contributed by atoms with Gasteiger partial charge in [0, 0.05) is 6.04 Å². The number of nitrogens with zero attached hydrogens (tertiary/aromatic N) is 1. The maximum Gasteiger partial charge on any atom is 0.178 e. The predicted molar refractivity (Wildman–Crippen MR) is 71.5 cm³/mol. The van der Waals surface area contributed by atoms with Gasteiger partial charge in [0.2, 0.25) is 0 Å². The molecule has 0 fully saturated rings. The van der Waals surface area contributed by atoms with Crippen molar-refractivity contribution >= 4 is 23.3 Å². The lowest BCUT2D eigenvalue weighted by molar-refractivity contribution is 0.478. The summed E-state index contributed by atoms with van der Waals surface area (Å²) in [6.07, 6.45) is 2.23. The van der Waals surface area contributed by atoms with Crippen LogP contribution in [0.3, 0.4) is 0 Å². The quantitative estimate of drug-likeness (QED) is 0.782. The highest BCUT2D eigenvalue weighted by Gasteiger charge is 2.11. The van der Waals surface area contributed by atoms with Crippen molar-refractivity contribution in [3.63, 3.8) is 0 Å². The van der Waals surface area contributed by atoms with Crippen molar-refractivity contribution in [3.8, 4) is 0 Å². The van der Waals surface area contributed by atoms with Crippen LogP contribution in [0, 0.1) is 11.7 Å². The molecule has 86 valence electrons. The number of aromatic amines is 1. The Morgan fingerprint density at radius 2 is 2.00 bits per heavy atom. The fraction of sp³-hybridized carbons (Fsp3) is 0.462. The van der Waals surface area contributed by atoms with Gasteiger partial charge >= 0.3 is 0 Å². The van der Waals surface area contributed by atoms with Gasteiger partial charge in [-0.05, 0) is 49.7 Å². The van der Waals surface area contributed by atoms with Crippen molar-refractivity contribution in [3.05, 3.63) is 28.5 Å². The first-order chi connectivity index (χ1) is 7.67. The van der Waals surface area contributed by atoms with Crippen LogP contribution in [0.2, 0.25) is 0 Å². The van der Waals surface area contributed by atoms with Crippen LogP contribution in [0.4, 0.5) is 0 Å². The van der Waals surface area contributed by atoms with E-state index >= 15 is 0 Å². The van der Waals surface area contributed by atoms with Gasteiger partial charge in [0.05, 0.1) is 11.0 Å². The third-order valence-electron chi connectivity index (χ3n) is 3.18. The highest BCUT2D eigenvalue weighted by atomic mass is 32.1. The number of nitrogens with one attached hydrogen (secondary N) is 1. The number of aryl methyl sites for hydroxylation is 1. The van der Waals surface area contributed by atoms with Crippen molar-refractivity contribution in [2.24, 2.45) is 0 Å². The molecule has 0 amide bonds. The lowest BCUT2D eigenvalue weighted by Gasteiger charge is -2.15. The molecule has 0 aliphatic rings. The molecule has 0 atom stereocenters. The molecule has 0 aliphatic heterocycles. The van der Waals surface area contributed by atoms with Gasteiger partial charge in [0.1, 0.15) is 0 Å². The molecule has 0 spiro atoms. The molecule has 1 aromatic carbocycles. The number of fused-ring (bicyclic) bond motifs is 1. The maximum atomic E-state index is 5.41. The summed E-state index contributed by atoms with van der Waals surface area (Å²) in [7, 11) is 0. The molecule has 1 aromatic heterocycles. The number of H-pyrrole nitrogens is 1. The Hall–Kier alpha value is -1.09. The number of benzene rings is 1. The summed E-state index contributed by atoms with van der Waals surface area (Å²) in [5.74, 6) is 0. The molecule has 2 nitrogen and oxygen atoms in total. The first-order valence-corrected chi connectivity index (χ1v) is 6.29. The van der Waals surface area contributed by atoms with Gasteiger partial charge in [-0.2, -0.15) is 0 Å². The predicted octanol–water partition coefficient (Wildman–Crippen LogP) is 4.37. The van der Waals surface area contributed by atoms with Crippen molar-refractivity contribution in [1.82, 2.24) is 9.55 Å². The van der Waals surface area contributed by atoms with E-state index in [-0.39, 0.29) is 0 Å². The lowest BCUT2D eigenvalue weighted by Crippen LogP contribution is -2.06. The zero-order valence-electron chi connectivity index (χ0n) is 10.1. The number of hydrogen-bond acceptors (Lipinski definition) is 1. The van der Waals surface area contributed by atoms with Gasteiger partial charge < -0.3 is 9.55 Å². The Kier molecular flexibility index (Phi) is 3.15. The molecule has 0 saturated carbocycles. The third-order valence-corrected chi connectivity index (χ3v) is 3.48. The van der Waals surface area contributed by atoms with Crippen LogP contribution in [0.25, 0.3) is 11.0 Å². The van der Waals surface area contributed by atoms with Crippen molar-refractivity contribution in [2.45, 2.75) is 39.7 Å². The monoisotopic (exact) mass is 234 g/mol. The molecule has 0 bridgehead atoms. The fourth-order valence-electron chi connectivity index (χ4n) is 2.25. The normalized spacial score (nSPS) is 11.5. The minimum Gasteiger partial charge on any atom is -0.331 e. The second-order valence-electron chi connectivity index (χ2n) is 4.29. The zero-order chi connectivity index (χ0) is 11.7. The molecule has 0 saturated heterocycles. The number of aromatic nitrogens is 2. The summed E-state index contributed by atoms with van der Waals surface area (Å²) < 4.78 is 3.10. The van der Waals surface area contributed by atoms with E-state index in [0.717, 1.165) is 23.1 Å². The van der Waals surface area contributed by atoms with Crippen molar-refractivity contribution < 1.29 is 0 Å². The molecule has 0 radical (unpaired) electrons. The number of hydrogen-bond donors (Lipinski definition) is 1. The van der Waals surface area contributed by atoms with Gasteiger partial charge in [-0.3, -0.25) is 0 Å². The summed E-state index contributed by atoms with van der Waals surface area (Å²) in [6.45, 7) is 6.54. The standard InChI is InChI=1S/C13H18N2S/c1-4-10(5-2)15-12-8-9(3)6-7-11(12)14-13(15)16/h6-8,10H,4-5H2,1-3H3,(H,14,16). The maximum absolute atomic E-state index is 5.41. The smallest absolute Gasteiger partial charge is 0.178 e. The second kappa shape index (κ2) is 4.42. The molecular formula is C13H18N2S. The van der Waals surface area contributed by atoms with Crippen LogP contribution in [-0.2, 0) is 0 Å². The van der Waals surface area contributed by atoms with E-state index in [1.165, 1.54) is 11.1 Å². The summed E-state index contributed by atoms with van der Waals surface area (Å²) in [5.41, 5.74) is 3.66. The van der Waals surface area contributed by atoms with Gasteiger partial charge in [0.25, 0.3) is 0 Å². The van der Waals surface area contributed by atoms with Gasteiger partial charge in [-0.1, -0.05) is 19.9 Å². The highest BCUT2D eigenvalue weighted by Crippen LogP contribution is 2.24. The topological polar surface area (TPSA) is 20.7 Å². The van der Waals surface area contributed by atoms with Gasteiger partial charge in [-0.15, -0.1) is 0 Å². The van der Waals surface area contributed by atoms with E-state index in [2.05, 4.69) is 48.5 Å². The molecule has 2 rings (SSSR count). The first-order valence-electron chi connectivity index (χ1n) is 5.88. The van der Waals surface area contributed by atoms with Crippen molar-refractivity contribution in [2.75, 3.05) is 0 Å². The Morgan fingerprint density at radius 3 is 2.62 bits per heavy atom. The van der Waals surface area contributed by atoms with E-state index in [1.807, 2.05) is 0 Å². The second-order valence-corrected chi connectivity index (χ2v) is 4.68. The van der Waals surface area contributed by atoms with Gasteiger partial charge in [0.15, 0.2) is 4.77 Å². The molecule has 1 N–H and O–H groups in total. The van der Waals surface area contributed by atoms with E-state index in [0.29, 0.717) is 6.04 Å². The van der Waals surface area contributed by atoms with Crippen LogP contribution >= 0.6 is 12.2 Å². The summed E-state index contributed by atoms with van der Waals surface area (Å²) >= 11 is 5.41. The number of imidazole rings is 1. The average Bonchev–Trinajstić information content (AvgIpc) is 2.58. The van der Waals surface area contributed by atoms with E-state index in [1.54, 1.807) is 0 Å². The van der Waals surface area contributed by atoms with E-state index < -0.39 is 0 Å². The Morgan fingerprint density at radius 1 is 1.31 bits per heavy atom. The highest BCUT2D eigenvalue weighted by molar-refractivity contribution is 7.71. The first kappa shape index (κ1) is 11.4. The Balaban J connectivity index is 2.71. The van der Waals surface area contributed by atoms with E-state index in [4.69, 9.17) is 12.2 Å². The summed E-state index contributed by atoms with van der Waals surface area (Å²) in [6, 6.07) is 6.94. The lowest BCUT2D eigenvalue weighted by atomic mass is 10.1. The van der Waals surface area contributed by atoms with Gasteiger partial charge in [-0.25, -0.2) is 0 Å². The molecular weight excluding hydrogens is 216 g/mol. The Bertz CT molecular complexity index is 547. The molecule has 16 heavy (non-hydrogen) atoms. The SMILES string of the molecule is CCC(CC)n1c(=S)[nH]c2ccc(C)cc21. The van der Waals surface area contributed by atoms with Crippen LogP contribution in [0.1, 0.15) is 38.3 Å². The van der Waals surface area contributed by atoms with Crippen LogP contribution in [0.5, 0.6) is 0 Å². The minimum atomic E-state index is 0.503. The minimum absolute atomic E-state index is 0.503. The van der Waals surface area contributed by atoms with Crippen molar-refractivity contribution in [1.29, 1.82) is 0 Å². The average molecular weight is 234 g/mol. The van der Waals surface area contributed by atoms with Crippen LogP contribution in [0.15, 0.2) is 18.2 Å². The van der Waals surface area contributed by atoms with Crippen LogP contribution in [-0.4, -0.2) is 9.55 Å². The summed E-state index contributed by atoms with van der Waals surface area (Å²) in [5, 5.41) is 0. The molecule has 0 unspecified atom stereocenters. The van der Waals surface area contributed by atoms with Crippen LogP contribution < -0.4 is 0 Å². The Labute approximate surface area is 101 Å². The molecule has 0 aliphatic carbocycles. The number of rotatable bonds is 3. The molecule has 2 aromatic rings. The fourth-order valence-corrected chi connectivity index (χ4v) is 2.61.